The van der Waals surface area contributed by atoms with Crippen molar-refractivity contribution in [2.24, 2.45) is 0 Å². The van der Waals surface area contributed by atoms with Gasteiger partial charge in [-0.25, -0.2) is 4.79 Å². The zero-order valence-corrected chi connectivity index (χ0v) is 15.4. The summed E-state index contributed by atoms with van der Waals surface area (Å²) in [5.41, 5.74) is 0. The summed E-state index contributed by atoms with van der Waals surface area (Å²) < 4.78 is 28.7. The third-order valence-corrected chi connectivity index (χ3v) is 5.57. The van der Waals surface area contributed by atoms with Crippen molar-refractivity contribution < 1.29 is 37.6 Å². The second kappa shape index (κ2) is 13.7. The van der Waals surface area contributed by atoms with Gasteiger partial charge in [0.1, 0.15) is 0 Å². The van der Waals surface area contributed by atoms with Crippen LogP contribution < -0.4 is 0 Å². The number of carbonyl (C=O) groups excluding carboxylic acids is 1. The summed E-state index contributed by atoms with van der Waals surface area (Å²) in [4.78, 5) is 34.2. The standard InChI is InChI=1S/C16H28O8S.Na.H/c1-2-3-4-5-6-7-8-9-10-11-13(17)16(15(20)21,12-14(18)19)25(22,23)24;;/h2-12H2,1H3,(H,18,19)(H,20,21)(H,22,23,24);;. The topological polar surface area (TPSA) is 146 Å². The van der Waals surface area contributed by atoms with Gasteiger partial charge in [0.05, 0.1) is 6.42 Å². The van der Waals surface area contributed by atoms with E-state index in [4.69, 9.17) is 14.8 Å². The molecule has 1 atom stereocenters. The van der Waals surface area contributed by atoms with Gasteiger partial charge in [-0.1, -0.05) is 58.3 Å². The van der Waals surface area contributed by atoms with Crippen molar-refractivity contribution in [3.63, 3.8) is 0 Å². The normalized spacial score (nSPS) is 13.5. The third kappa shape index (κ3) is 8.94. The molecule has 0 amide bonds. The number of carbonyl (C=O) groups is 3. The van der Waals surface area contributed by atoms with E-state index in [1.54, 1.807) is 0 Å². The van der Waals surface area contributed by atoms with Crippen molar-refractivity contribution in [1.29, 1.82) is 0 Å². The molecule has 3 N–H and O–H groups in total. The molecule has 0 rings (SSSR count). The first-order valence-corrected chi connectivity index (χ1v) is 9.99. The Kier molecular flexibility index (Phi) is 14.6. The fourth-order valence-electron chi connectivity index (χ4n) is 2.65. The molecule has 148 valence electrons. The van der Waals surface area contributed by atoms with Crippen LogP contribution in [0.15, 0.2) is 0 Å². The van der Waals surface area contributed by atoms with Crippen LogP contribution in [-0.2, 0) is 24.5 Å². The van der Waals surface area contributed by atoms with Crippen molar-refractivity contribution >= 4 is 57.4 Å². The van der Waals surface area contributed by atoms with E-state index in [9.17, 15) is 22.8 Å². The number of aliphatic carboxylic acids is 2. The van der Waals surface area contributed by atoms with E-state index in [-0.39, 0.29) is 36.0 Å². The molecule has 0 aromatic rings. The Morgan fingerprint density at radius 2 is 1.27 bits per heavy atom. The molecule has 8 nitrogen and oxygen atoms in total. The van der Waals surface area contributed by atoms with Gasteiger partial charge < -0.3 is 10.2 Å². The average molecular weight is 404 g/mol. The van der Waals surface area contributed by atoms with Crippen LogP contribution in [0, 0.1) is 0 Å². The number of Topliss-reactive ketones (excluding diaryl/α,β-unsaturated/α-hetero) is 1. The monoisotopic (exact) mass is 404 g/mol. The van der Waals surface area contributed by atoms with Crippen LogP contribution in [0.2, 0.25) is 0 Å². The molecule has 0 radical (unpaired) electrons. The summed E-state index contributed by atoms with van der Waals surface area (Å²) in [6.07, 6.45) is 6.48. The van der Waals surface area contributed by atoms with Crippen molar-refractivity contribution in [1.82, 2.24) is 0 Å². The van der Waals surface area contributed by atoms with Crippen LogP contribution in [0.4, 0.5) is 0 Å². The fourth-order valence-corrected chi connectivity index (χ4v) is 3.57. The van der Waals surface area contributed by atoms with Gasteiger partial charge in [-0.2, -0.15) is 8.42 Å². The third-order valence-electron chi connectivity index (χ3n) is 4.14. The zero-order chi connectivity index (χ0) is 19.5. The van der Waals surface area contributed by atoms with Gasteiger partial charge in [-0.05, 0) is 6.42 Å². The maximum atomic E-state index is 12.1. The quantitative estimate of drug-likeness (QED) is 0.163. The Balaban J connectivity index is 0. The maximum absolute atomic E-state index is 12.1. The summed E-state index contributed by atoms with van der Waals surface area (Å²) in [7, 11) is -5.41. The van der Waals surface area contributed by atoms with E-state index < -0.39 is 45.4 Å². The number of ketones is 1. The molecule has 0 aliphatic rings. The first-order chi connectivity index (χ1) is 11.6. The summed E-state index contributed by atoms with van der Waals surface area (Å²) in [6, 6.07) is 0. The van der Waals surface area contributed by atoms with Crippen molar-refractivity contribution in [3.8, 4) is 0 Å². The summed E-state index contributed by atoms with van der Waals surface area (Å²) in [5.74, 6) is -5.26. The van der Waals surface area contributed by atoms with E-state index >= 15 is 0 Å². The van der Waals surface area contributed by atoms with E-state index in [0.717, 1.165) is 32.1 Å². The second-order valence-corrected chi connectivity index (χ2v) is 7.83. The molecular weight excluding hydrogens is 375 g/mol. The van der Waals surface area contributed by atoms with Gasteiger partial charge in [-0.15, -0.1) is 0 Å². The second-order valence-electron chi connectivity index (χ2n) is 6.18. The average Bonchev–Trinajstić information content (AvgIpc) is 2.48. The predicted molar refractivity (Wildman–Crippen MR) is 98.2 cm³/mol. The van der Waals surface area contributed by atoms with Gasteiger partial charge in [0.2, 0.25) is 0 Å². The number of unbranched alkanes of at least 4 members (excludes halogenated alkanes) is 8. The Morgan fingerprint density at radius 1 is 0.846 bits per heavy atom. The Labute approximate surface area is 176 Å². The number of rotatable bonds is 15. The van der Waals surface area contributed by atoms with Crippen LogP contribution in [0.25, 0.3) is 0 Å². The van der Waals surface area contributed by atoms with Crippen LogP contribution in [0.1, 0.15) is 77.6 Å². The molecule has 10 heteroatoms. The number of carboxylic acids is 2. The van der Waals surface area contributed by atoms with Gasteiger partial charge in [-0.3, -0.25) is 14.1 Å². The molecule has 1 unspecified atom stereocenters. The van der Waals surface area contributed by atoms with Crippen molar-refractivity contribution in [2.45, 2.75) is 82.3 Å². The SMILES string of the molecule is CCCCCCCCCCCC(=O)C(CC(=O)O)(C(=O)O)S(=O)(=O)O.[NaH]. The fraction of sp³-hybridized carbons (Fsp3) is 0.812. The molecule has 0 aromatic heterocycles. The number of hydrogen-bond donors (Lipinski definition) is 3. The molecule has 0 aliphatic heterocycles. The minimum atomic E-state index is -5.41. The molecule has 0 aromatic carbocycles. The van der Waals surface area contributed by atoms with Crippen LogP contribution in [-0.4, -0.2) is 75.2 Å². The van der Waals surface area contributed by atoms with Gasteiger partial charge in [0.25, 0.3) is 14.9 Å². The van der Waals surface area contributed by atoms with Gasteiger partial charge in [0.15, 0.2) is 5.78 Å². The predicted octanol–water partition coefficient (Wildman–Crippen LogP) is 2.01. The molecule has 0 spiro atoms. The number of hydrogen-bond acceptors (Lipinski definition) is 5. The molecule has 0 saturated carbocycles. The van der Waals surface area contributed by atoms with E-state index in [2.05, 4.69) is 6.92 Å². The van der Waals surface area contributed by atoms with Gasteiger partial charge in [0, 0.05) is 6.42 Å². The minimum absolute atomic E-state index is 0. The molecule has 0 fully saturated rings. The Bertz CT molecular complexity index is 561. The molecule has 0 aliphatic carbocycles. The molecule has 0 bridgehead atoms. The van der Waals surface area contributed by atoms with Gasteiger partial charge >= 0.3 is 41.5 Å². The van der Waals surface area contributed by atoms with Crippen molar-refractivity contribution in [3.05, 3.63) is 0 Å². The molecule has 0 saturated heterocycles. The molecular formula is C16H29NaO8S. The van der Waals surface area contributed by atoms with Crippen LogP contribution >= 0.6 is 0 Å². The van der Waals surface area contributed by atoms with E-state index in [0.29, 0.717) is 6.42 Å². The zero-order valence-electron chi connectivity index (χ0n) is 14.6. The summed E-state index contributed by atoms with van der Waals surface area (Å²) in [5, 5.41) is 17.8. The van der Waals surface area contributed by atoms with Crippen molar-refractivity contribution in [2.75, 3.05) is 0 Å². The number of carboxylic acid groups (broad SMARTS) is 2. The summed E-state index contributed by atoms with van der Waals surface area (Å²) in [6.45, 7) is 2.13. The van der Waals surface area contributed by atoms with Crippen LogP contribution in [0.3, 0.4) is 0 Å². The van der Waals surface area contributed by atoms with Crippen LogP contribution in [0.5, 0.6) is 0 Å². The Morgan fingerprint density at radius 3 is 1.62 bits per heavy atom. The molecule has 26 heavy (non-hydrogen) atoms. The molecule has 0 heterocycles. The Hall–Kier alpha value is -0.480. The first-order valence-electron chi connectivity index (χ1n) is 8.55. The first kappa shape index (κ1) is 27.7. The van der Waals surface area contributed by atoms with E-state index in [1.165, 1.54) is 12.8 Å². The summed E-state index contributed by atoms with van der Waals surface area (Å²) >= 11 is 0. The van der Waals surface area contributed by atoms with E-state index in [1.807, 2.05) is 0 Å².